The highest BCUT2D eigenvalue weighted by molar-refractivity contribution is 5.48. The minimum absolute atomic E-state index is 0.0966. The van der Waals surface area contributed by atoms with E-state index in [0.29, 0.717) is 0 Å². The first kappa shape index (κ1) is 13.7. The first-order valence-corrected chi connectivity index (χ1v) is 6.58. The molecule has 0 fully saturated rings. The smallest absolute Gasteiger partial charge is 0.124 e. The molecule has 2 aromatic rings. The van der Waals surface area contributed by atoms with Gasteiger partial charge in [-0.2, -0.15) is 0 Å². The van der Waals surface area contributed by atoms with Crippen LogP contribution in [-0.4, -0.2) is 13.7 Å². The average Bonchev–Trinajstić information content (AvgIpc) is 2.89. The van der Waals surface area contributed by atoms with Gasteiger partial charge in [0.2, 0.25) is 0 Å². The molecule has 1 unspecified atom stereocenters. The molecule has 0 saturated heterocycles. The van der Waals surface area contributed by atoms with Gasteiger partial charge in [0, 0.05) is 11.1 Å². The number of hydrogen-bond donors (Lipinski definition) is 1. The van der Waals surface area contributed by atoms with E-state index in [1.54, 1.807) is 19.6 Å². The normalized spacial score (nSPS) is 12.4. The molecule has 1 N–H and O–H groups in total. The number of benzene rings is 1. The minimum atomic E-state index is 0.0966. The summed E-state index contributed by atoms with van der Waals surface area (Å²) in [6, 6.07) is 6.35. The summed E-state index contributed by atoms with van der Waals surface area (Å²) in [5.74, 6) is 0.921. The van der Waals surface area contributed by atoms with Gasteiger partial charge in [-0.05, 0) is 43.7 Å². The summed E-state index contributed by atoms with van der Waals surface area (Å²) in [7, 11) is 1.72. The third-order valence-electron chi connectivity index (χ3n) is 3.29. The fraction of sp³-hybridized carbons (Fsp3) is 0.375. The number of aryl methyl sites for hydroxylation is 2. The molecule has 0 aliphatic carbocycles. The molecule has 3 nitrogen and oxygen atoms in total. The van der Waals surface area contributed by atoms with Gasteiger partial charge in [-0.15, -0.1) is 0 Å². The molecule has 0 saturated carbocycles. The van der Waals surface area contributed by atoms with Crippen LogP contribution in [0.15, 0.2) is 35.1 Å². The standard InChI is InChI=1S/C16H21NO2/c1-5-17-16(13-6-7-19-10-13)15-12(3)8-11(2)9-14(15)18-4/h6-10,16-17H,5H2,1-4H3. The summed E-state index contributed by atoms with van der Waals surface area (Å²) in [4.78, 5) is 0. The number of hydrogen-bond acceptors (Lipinski definition) is 3. The molecule has 1 aromatic carbocycles. The highest BCUT2D eigenvalue weighted by Crippen LogP contribution is 2.34. The van der Waals surface area contributed by atoms with Crippen molar-refractivity contribution in [3.8, 4) is 5.75 Å². The first-order chi connectivity index (χ1) is 9.17. The lowest BCUT2D eigenvalue weighted by molar-refractivity contribution is 0.403. The van der Waals surface area contributed by atoms with Gasteiger partial charge in [0.15, 0.2) is 0 Å². The van der Waals surface area contributed by atoms with E-state index in [1.807, 2.05) is 6.07 Å². The Labute approximate surface area is 114 Å². The lowest BCUT2D eigenvalue weighted by atomic mass is 9.94. The summed E-state index contributed by atoms with van der Waals surface area (Å²) >= 11 is 0. The van der Waals surface area contributed by atoms with Crippen LogP contribution < -0.4 is 10.1 Å². The number of nitrogens with one attached hydrogen (secondary N) is 1. The highest BCUT2D eigenvalue weighted by Gasteiger charge is 2.20. The molecular formula is C16H21NO2. The molecule has 0 spiro atoms. The molecule has 1 aromatic heterocycles. The SMILES string of the molecule is CCNC(c1ccoc1)c1c(C)cc(C)cc1OC. The van der Waals surface area contributed by atoms with Gasteiger partial charge in [-0.3, -0.25) is 0 Å². The van der Waals surface area contributed by atoms with Crippen LogP contribution in [0.3, 0.4) is 0 Å². The van der Waals surface area contributed by atoms with E-state index in [4.69, 9.17) is 9.15 Å². The summed E-state index contributed by atoms with van der Waals surface area (Å²) < 4.78 is 10.8. The van der Waals surface area contributed by atoms with Crippen molar-refractivity contribution in [1.29, 1.82) is 0 Å². The second-order valence-electron chi connectivity index (χ2n) is 4.75. The molecule has 2 rings (SSSR count). The zero-order chi connectivity index (χ0) is 13.8. The Bertz CT molecular complexity index is 532. The second kappa shape index (κ2) is 5.93. The number of methoxy groups -OCH3 is 1. The fourth-order valence-corrected chi connectivity index (χ4v) is 2.51. The molecule has 0 amide bonds. The van der Waals surface area contributed by atoms with E-state index in [1.165, 1.54) is 16.7 Å². The molecule has 0 aliphatic heterocycles. The van der Waals surface area contributed by atoms with Gasteiger partial charge in [0.05, 0.1) is 25.7 Å². The monoisotopic (exact) mass is 259 g/mol. The molecule has 0 radical (unpaired) electrons. The zero-order valence-electron chi connectivity index (χ0n) is 12.0. The Hall–Kier alpha value is -1.74. The summed E-state index contributed by atoms with van der Waals surface area (Å²) in [5, 5.41) is 3.50. The van der Waals surface area contributed by atoms with Gasteiger partial charge in [0.1, 0.15) is 5.75 Å². The van der Waals surface area contributed by atoms with Gasteiger partial charge in [-0.1, -0.05) is 13.0 Å². The minimum Gasteiger partial charge on any atom is -0.496 e. The molecule has 1 heterocycles. The largest absolute Gasteiger partial charge is 0.496 e. The molecular weight excluding hydrogens is 238 g/mol. The van der Waals surface area contributed by atoms with Crippen LogP contribution >= 0.6 is 0 Å². The maximum absolute atomic E-state index is 5.56. The molecule has 0 aliphatic rings. The van der Waals surface area contributed by atoms with Crippen molar-refractivity contribution in [1.82, 2.24) is 5.32 Å². The number of ether oxygens (including phenoxy) is 1. The molecule has 1 atom stereocenters. The van der Waals surface area contributed by atoms with Crippen LogP contribution in [-0.2, 0) is 0 Å². The van der Waals surface area contributed by atoms with Crippen molar-refractivity contribution < 1.29 is 9.15 Å². The molecule has 3 heteroatoms. The van der Waals surface area contributed by atoms with E-state index < -0.39 is 0 Å². The Morgan fingerprint density at radius 1 is 1.32 bits per heavy atom. The van der Waals surface area contributed by atoms with E-state index in [0.717, 1.165) is 17.9 Å². The Balaban J connectivity index is 2.53. The van der Waals surface area contributed by atoms with E-state index in [2.05, 4.69) is 38.2 Å². The highest BCUT2D eigenvalue weighted by atomic mass is 16.5. The Morgan fingerprint density at radius 3 is 2.68 bits per heavy atom. The Morgan fingerprint density at radius 2 is 2.11 bits per heavy atom. The van der Waals surface area contributed by atoms with E-state index in [9.17, 15) is 0 Å². The summed E-state index contributed by atoms with van der Waals surface area (Å²) in [6.45, 7) is 7.18. The number of rotatable bonds is 5. The topological polar surface area (TPSA) is 34.4 Å². The van der Waals surface area contributed by atoms with Crippen molar-refractivity contribution in [3.05, 3.63) is 53.0 Å². The molecule has 102 valence electrons. The average molecular weight is 259 g/mol. The molecule has 19 heavy (non-hydrogen) atoms. The van der Waals surface area contributed by atoms with Gasteiger partial charge >= 0.3 is 0 Å². The first-order valence-electron chi connectivity index (χ1n) is 6.58. The summed E-state index contributed by atoms with van der Waals surface area (Å²) in [5.41, 5.74) is 4.73. The van der Waals surface area contributed by atoms with Crippen molar-refractivity contribution in [3.63, 3.8) is 0 Å². The van der Waals surface area contributed by atoms with Crippen molar-refractivity contribution in [2.45, 2.75) is 26.8 Å². The van der Waals surface area contributed by atoms with Crippen molar-refractivity contribution in [2.24, 2.45) is 0 Å². The van der Waals surface area contributed by atoms with Crippen LogP contribution in [0.5, 0.6) is 5.75 Å². The van der Waals surface area contributed by atoms with E-state index >= 15 is 0 Å². The third-order valence-corrected chi connectivity index (χ3v) is 3.29. The number of furan rings is 1. The quantitative estimate of drug-likeness (QED) is 0.890. The van der Waals surface area contributed by atoms with Crippen LogP contribution in [0.25, 0.3) is 0 Å². The predicted molar refractivity (Wildman–Crippen MR) is 76.7 cm³/mol. The maximum atomic E-state index is 5.56. The lowest BCUT2D eigenvalue weighted by Gasteiger charge is -2.22. The predicted octanol–water partition coefficient (Wildman–Crippen LogP) is 3.60. The van der Waals surface area contributed by atoms with Crippen LogP contribution in [0, 0.1) is 13.8 Å². The van der Waals surface area contributed by atoms with Crippen LogP contribution in [0.4, 0.5) is 0 Å². The van der Waals surface area contributed by atoms with Crippen LogP contribution in [0.2, 0.25) is 0 Å². The second-order valence-corrected chi connectivity index (χ2v) is 4.75. The van der Waals surface area contributed by atoms with E-state index in [-0.39, 0.29) is 6.04 Å². The third kappa shape index (κ3) is 2.82. The van der Waals surface area contributed by atoms with Gasteiger partial charge < -0.3 is 14.5 Å². The summed E-state index contributed by atoms with van der Waals surface area (Å²) in [6.07, 6.45) is 3.49. The fourth-order valence-electron chi connectivity index (χ4n) is 2.51. The van der Waals surface area contributed by atoms with Crippen molar-refractivity contribution in [2.75, 3.05) is 13.7 Å². The van der Waals surface area contributed by atoms with Crippen molar-refractivity contribution >= 4 is 0 Å². The Kier molecular flexibility index (Phi) is 4.27. The zero-order valence-corrected chi connectivity index (χ0v) is 12.0. The molecule has 0 bridgehead atoms. The van der Waals surface area contributed by atoms with Gasteiger partial charge in [0.25, 0.3) is 0 Å². The van der Waals surface area contributed by atoms with Crippen LogP contribution in [0.1, 0.15) is 35.2 Å². The maximum Gasteiger partial charge on any atom is 0.124 e. The lowest BCUT2D eigenvalue weighted by Crippen LogP contribution is -2.23. The van der Waals surface area contributed by atoms with Gasteiger partial charge in [-0.25, -0.2) is 0 Å².